The third kappa shape index (κ3) is 5.13. The van der Waals surface area contributed by atoms with Crippen LogP contribution in [0.25, 0.3) is 0 Å². The second-order valence-corrected chi connectivity index (χ2v) is 8.71. The monoisotopic (exact) mass is 271 g/mol. The zero-order valence-corrected chi connectivity index (χ0v) is 14.1. The van der Waals surface area contributed by atoms with Gasteiger partial charge in [0.25, 0.3) is 0 Å². The number of hydrogen-bond acceptors (Lipinski definition) is 2. The van der Waals surface area contributed by atoms with Crippen molar-refractivity contribution in [3.8, 4) is 0 Å². The lowest BCUT2D eigenvalue weighted by molar-refractivity contribution is 0.167. The number of rotatable bonds is 5. The van der Waals surface area contributed by atoms with Gasteiger partial charge < -0.3 is 5.32 Å². The lowest BCUT2D eigenvalue weighted by Gasteiger charge is -2.41. The number of hydrogen-bond donors (Lipinski definition) is 1. The molecule has 0 aromatic heterocycles. The van der Waals surface area contributed by atoms with Gasteiger partial charge in [-0.25, -0.2) is 0 Å². The predicted octanol–water partition coefficient (Wildman–Crippen LogP) is 4.57. The highest BCUT2D eigenvalue weighted by Gasteiger charge is 2.35. The second kappa shape index (κ2) is 7.19. The summed E-state index contributed by atoms with van der Waals surface area (Å²) < 4.78 is 0. The molecule has 1 saturated carbocycles. The van der Waals surface area contributed by atoms with Crippen LogP contribution < -0.4 is 5.32 Å². The van der Waals surface area contributed by atoms with Gasteiger partial charge in [0.05, 0.1) is 0 Å². The highest BCUT2D eigenvalue weighted by Crippen LogP contribution is 2.41. The van der Waals surface area contributed by atoms with Crippen LogP contribution in [0.1, 0.15) is 60.3 Å². The van der Waals surface area contributed by atoms with Crippen LogP contribution in [0.4, 0.5) is 0 Å². The Balaban J connectivity index is 2.49. The molecule has 0 saturated heterocycles. The molecule has 0 heterocycles. The summed E-state index contributed by atoms with van der Waals surface area (Å²) in [5.41, 5.74) is 0.482. The van der Waals surface area contributed by atoms with Crippen molar-refractivity contribution in [3.05, 3.63) is 0 Å². The summed E-state index contributed by atoms with van der Waals surface area (Å²) >= 11 is 2.22. The molecular weight excluding hydrogens is 238 g/mol. The molecule has 1 aliphatic rings. The molecule has 18 heavy (non-hydrogen) atoms. The zero-order chi connectivity index (χ0) is 13.8. The molecule has 0 bridgehead atoms. The molecule has 2 heteroatoms. The lowest BCUT2D eigenvalue weighted by Crippen LogP contribution is -2.43. The van der Waals surface area contributed by atoms with E-state index in [-0.39, 0.29) is 0 Å². The minimum Gasteiger partial charge on any atom is -0.316 e. The Morgan fingerprint density at radius 2 is 1.89 bits per heavy atom. The number of nitrogens with one attached hydrogen (secondary N) is 1. The maximum atomic E-state index is 3.54. The van der Waals surface area contributed by atoms with Crippen molar-refractivity contribution < 1.29 is 0 Å². The van der Waals surface area contributed by atoms with Crippen molar-refractivity contribution in [2.24, 2.45) is 17.3 Å². The van der Waals surface area contributed by atoms with Gasteiger partial charge in [0.1, 0.15) is 0 Å². The summed E-state index contributed by atoms with van der Waals surface area (Å²) in [6, 6.07) is 0.737. The van der Waals surface area contributed by atoms with E-state index in [0.29, 0.717) is 5.41 Å². The minimum absolute atomic E-state index is 0.482. The third-order valence-corrected chi connectivity index (χ3v) is 5.83. The molecule has 1 N–H and O–H groups in total. The van der Waals surface area contributed by atoms with Gasteiger partial charge in [0.2, 0.25) is 0 Å². The summed E-state index contributed by atoms with van der Waals surface area (Å²) in [6.45, 7) is 11.9. The van der Waals surface area contributed by atoms with Crippen molar-refractivity contribution in [1.29, 1.82) is 0 Å². The van der Waals surface area contributed by atoms with E-state index in [9.17, 15) is 0 Å². The third-order valence-electron chi connectivity index (χ3n) is 4.41. The Hall–Kier alpha value is 0.310. The molecule has 1 aliphatic carbocycles. The average Bonchev–Trinajstić information content (AvgIpc) is 2.27. The van der Waals surface area contributed by atoms with Gasteiger partial charge in [-0.3, -0.25) is 0 Å². The first-order chi connectivity index (χ1) is 8.34. The van der Waals surface area contributed by atoms with E-state index in [0.717, 1.165) is 23.1 Å². The maximum Gasteiger partial charge on any atom is 0.0203 e. The van der Waals surface area contributed by atoms with Gasteiger partial charge in [-0.2, -0.15) is 11.8 Å². The van der Waals surface area contributed by atoms with Gasteiger partial charge in [-0.05, 0) is 55.7 Å². The van der Waals surface area contributed by atoms with E-state index in [1.807, 2.05) is 0 Å². The molecule has 1 rings (SSSR count). The fourth-order valence-electron chi connectivity index (χ4n) is 2.89. The van der Waals surface area contributed by atoms with Crippen LogP contribution in [0.3, 0.4) is 0 Å². The predicted molar refractivity (Wildman–Crippen MR) is 85.3 cm³/mol. The molecule has 0 spiro atoms. The molecule has 3 unspecified atom stereocenters. The van der Waals surface area contributed by atoms with Crippen LogP contribution in [0.2, 0.25) is 0 Å². The topological polar surface area (TPSA) is 12.0 Å². The van der Waals surface area contributed by atoms with Gasteiger partial charge in [0, 0.05) is 11.3 Å². The molecule has 0 radical (unpaired) electrons. The first-order valence-electron chi connectivity index (χ1n) is 7.63. The number of thioether (sulfide) groups is 1. The molecule has 0 amide bonds. The van der Waals surface area contributed by atoms with E-state index in [2.05, 4.69) is 58.7 Å². The first-order valence-corrected chi connectivity index (χ1v) is 8.68. The Labute approximate surface area is 119 Å². The molecule has 0 aromatic rings. The summed E-state index contributed by atoms with van der Waals surface area (Å²) in [7, 11) is 2.14. The van der Waals surface area contributed by atoms with Crippen LogP contribution in [-0.2, 0) is 0 Å². The van der Waals surface area contributed by atoms with Crippen molar-refractivity contribution in [3.63, 3.8) is 0 Å². The fourth-order valence-corrected chi connectivity index (χ4v) is 4.67. The molecule has 0 aliphatic heterocycles. The van der Waals surface area contributed by atoms with Gasteiger partial charge in [0.15, 0.2) is 0 Å². The molecule has 0 aromatic carbocycles. The minimum atomic E-state index is 0.482. The Bertz CT molecular complexity index is 232. The van der Waals surface area contributed by atoms with Crippen molar-refractivity contribution in [1.82, 2.24) is 5.32 Å². The van der Waals surface area contributed by atoms with Crippen LogP contribution in [-0.4, -0.2) is 24.1 Å². The van der Waals surface area contributed by atoms with Crippen molar-refractivity contribution >= 4 is 11.8 Å². The van der Waals surface area contributed by atoms with E-state index in [1.54, 1.807) is 0 Å². The SMILES string of the molecule is CNC1CCC(C(C)(C)C)CC1SCCC(C)C. The summed E-state index contributed by atoms with van der Waals surface area (Å²) in [5, 5.41) is 4.37. The van der Waals surface area contributed by atoms with Crippen LogP contribution in [0.5, 0.6) is 0 Å². The van der Waals surface area contributed by atoms with E-state index < -0.39 is 0 Å². The standard InChI is InChI=1S/C16H33NS/c1-12(2)9-10-18-15-11-13(16(3,4)5)7-8-14(15)17-6/h12-15,17H,7-11H2,1-6H3. The maximum absolute atomic E-state index is 3.54. The van der Waals surface area contributed by atoms with Crippen molar-refractivity contribution in [2.45, 2.75) is 71.6 Å². The quantitative estimate of drug-likeness (QED) is 0.786. The van der Waals surface area contributed by atoms with Crippen LogP contribution >= 0.6 is 11.8 Å². The van der Waals surface area contributed by atoms with Gasteiger partial charge in [-0.1, -0.05) is 34.6 Å². The average molecular weight is 272 g/mol. The first kappa shape index (κ1) is 16.4. The van der Waals surface area contributed by atoms with E-state index >= 15 is 0 Å². The molecule has 1 nitrogen and oxygen atoms in total. The Morgan fingerprint density at radius 3 is 2.39 bits per heavy atom. The highest BCUT2D eigenvalue weighted by molar-refractivity contribution is 7.99. The van der Waals surface area contributed by atoms with Gasteiger partial charge in [-0.15, -0.1) is 0 Å². The van der Waals surface area contributed by atoms with Crippen molar-refractivity contribution in [2.75, 3.05) is 12.8 Å². The zero-order valence-electron chi connectivity index (χ0n) is 13.3. The fraction of sp³-hybridized carbons (Fsp3) is 1.00. The van der Waals surface area contributed by atoms with Crippen LogP contribution in [0.15, 0.2) is 0 Å². The van der Waals surface area contributed by atoms with Gasteiger partial charge >= 0.3 is 0 Å². The molecule has 3 atom stereocenters. The largest absolute Gasteiger partial charge is 0.316 e. The highest BCUT2D eigenvalue weighted by atomic mass is 32.2. The Kier molecular flexibility index (Phi) is 6.54. The molecule has 108 valence electrons. The molecule has 1 fully saturated rings. The normalized spacial score (nSPS) is 29.8. The van der Waals surface area contributed by atoms with Crippen LogP contribution in [0, 0.1) is 17.3 Å². The summed E-state index contributed by atoms with van der Waals surface area (Å²) in [5.74, 6) is 3.07. The van der Waals surface area contributed by atoms with E-state index in [4.69, 9.17) is 0 Å². The smallest absolute Gasteiger partial charge is 0.0203 e. The lowest BCUT2D eigenvalue weighted by atomic mass is 9.71. The van der Waals surface area contributed by atoms with E-state index in [1.165, 1.54) is 31.4 Å². The summed E-state index contributed by atoms with van der Waals surface area (Å²) in [4.78, 5) is 0. The Morgan fingerprint density at radius 1 is 1.22 bits per heavy atom. The second-order valence-electron chi connectivity index (χ2n) is 7.36. The summed E-state index contributed by atoms with van der Waals surface area (Å²) in [6.07, 6.45) is 5.52. The molecular formula is C16H33NS.